The molecule has 1 aromatic carbocycles. The van der Waals surface area contributed by atoms with Crippen LogP contribution in [0.1, 0.15) is 36.0 Å². The number of hydrogen-bond donors (Lipinski definition) is 3. The maximum Gasteiger partial charge on any atom is 0.306 e. The lowest BCUT2D eigenvalue weighted by Gasteiger charge is -2.28. The highest BCUT2D eigenvalue weighted by molar-refractivity contribution is 5.94. The van der Waals surface area contributed by atoms with Crippen LogP contribution in [-0.4, -0.2) is 36.1 Å². The van der Waals surface area contributed by atoms with Crippen molar-refractivity contribution in [2.45, 2.75) is 38.2 Å². The Morgan fingerprint density at radius 2 is 1.96 bits per heavy atom. The van der Waals surface area contributed by atoms with E-state index in [-0.39, 0.29) is 23.3 Å². The molecule has 6 nitrogen and oxygen atoms in total. The summed E-state index contributed by atoms with van der Waals surface area (Å²) in [6.07, 6.45) is -0.275. The van der Waals surface area contributed by atoms with Crippen LogP contribution >= 0.6 is 0 Å². The first kappa shape index (κ1) is 18.0. The lowest BCUT2D eigenvalue weighted by Crippen LogP contribution is -2.29. The molecule has 0 spiro atoms. The number of anilines is 1. The van der Waals surface area contributed by atoms with Gasteiger partial charge in [-0.15, -0.1) is 0 Å². The average molecular weight is 342 g/mol. The van der Waals surface area contributed by atoms with Crippen LogP contribution in [0.25, 0.3) is 0 Å². The van der Waals surface area contributed by atoms with Crippen molar-refractivity contribution in [3.63, 3.8) is 0 Å². The third-order valence-electron chi connectivity index (χ3n) is 4.06. The summed E-state index contributed by atoms with van der Waals surface area (Å²) in [5.74, 6) is -1.58. The number of rotatable bonds is 7. The molecule has 0 radical (unpaired) electrons. The van der Waals surface area contributed by atoms with Crippen LogP contribution in [0, 0.1) is 5.92 Å². The second-order valence-electron chi connectivity index (χ2n) is 5.81. The van der Waals surface area contributed by atoms with Crippen molar-refractivity contribution < 1.29 is 28.2 Å². The van der Waals surface area contributed by atoms with Gasteiger partial charge in [-0.3, -0.25) is 9.59 Å². The molecule has 0 unspecified atom stereocenters. The number of nitrogens with two attached hydrogens (primary N) is 1. The van der Waals surface area contributed by atoms with Crippen molar-refractivity contribution >= 4 is 17.6 Å². The standard InChI is InChI=1S/C16H20F2N2O4/c17-14(18)8-24-13-6-3-10(15(19)21)7-12(13)20-11-4-1-9(2-5-11)16(22)23/h3,6-7,9,11,14,20H,1-2,4-5,8H2,(H2,19,21)(H,22,23). The van der Waals surface area contributed by atoms with E-state index in [1.165, 1.54) is 18.2 Å². The second kappa shape index (κ2) is 7.94. The fourth-order valence-electron chi connectivity index (χ4n) is 2.78. The number of carbonyl (C=O) groups excluding carboxylic acids is 1. The molecule has 1 aliphatic carbocycles. The van der Waals surface area contributed by atoms with E-state index in [1.54, 1.807) is 0 Å². The zero-order valence-corrected chi connectivity index (χ0v) is 13.0. The average Bonchev–Trinajstić information content (AvgIpc) is 2.53. The molecule has 1 fully saturated rings. The molecule has 4 N–H and O–H groups in total. The monoisotopic (exact) mass is 342 g/mol. The number of aliphatic carboxylic acids is 1. The molecule has 132 valence electrons. The molecular weight excluding hydrogens is 322 g/mol. The lowest BCUT2D eigenvalue weighted by atomic mass is 9.86. The molecule has 8 heteroatoms. The first-order valence-corrected chi connectivity index (χ1v) is 7.71. The summed E-state index contributed by atoms with van der Waals surface area (Å²) in [6, 6.07) is 4.29. The first-order valence-electron chi connectivity index (χ1n) is 7.71. The minimum absolute atomic E-state index is 0.0161. The molecule has 1 saturated carbocycles. The fraction of sp³-hybridized carbons (Fsp3) is 0.500. The van der Waals surface area contributed by atoms with E-state index < -0.39 is 24.9 Å². The van der Waals surface area contributed by atoms with Gasteiger partial charge in [0.15, 0.2) is 0 Å². The second-order valence-corrected chi connectivity index (χ2v) is 5.81. The third kappa shape index (κ3) is 4.81. The fourth-order valence-corrected chi connectivity index (χ4v) is 2.78. The number of ether oxygens (including phenoxy) is 1. The summed E-state index contributed by atoms with van der Waals surface area (Å²) in [7, 11) is 0. The SMILES string of the molecule is NC(=O)c1ccc(OCC(F)F)c(NC2CCC(C(=O)O)CC2)c1. The van der Waals surface area contributed by atoms with Crippen LogP contribution in [0.15, 0.2) is 18.2 Å². The topological polar surface area (TPSA) is 102 Å². The lowest BCUT2D eigenvalue weighted by molar-refractivity contribution is -0.142. The molecule has 0 bridgehead atoms. The van der Waals surface area contributed by atoms with Gasteiger partial charge in [0.05, 0.1) is 11.6 Å². The molecule has 0 aromatic heterocycles. The van der Waals surface area contributed by atoms with Crippen molar-refractivity contribution in [1.82, 2.24) is 0 Å². The number of primary amides is 1. The highest BCUT2D eigenvalue weighted by atomic mass is 19.3. The van der Waals surface area contributed by atoms with Crippen LogP contribution in [0.4, 0.5) is 14.5 Å². The Kier molecular flexibility index (Phi) is 5.94. The van der Waals surface area contributed by atoms with E-state index in [9.17, 15) is 18.4 Å². The Labute approximate surface area is 138 Å². The van der Waals surface area contributed by atoms with Gasteiger partial charge in [-0.2, -0.15) is 0 Å². The number of hydrogen-bond acceptors (Lipinski definition) is 4. The van der Waals surface area contributed by atoms with E-state index in [0.717, 1.165) is 0 Å². The van der Waals surface area contributed by atoms with Crippen LogP contribution in [0.5, 0.6) is 5.75 Å². The van der Waals surface area contributed by atoms with Gasteiger partial charge in [0.1, 0.15) is 12.4 Å². The van der Waals surface area contributed by atoms with Crippen molar-refractivity contribution in [3.05, 3.63) is 23.8 Å². The van der Waals surface area contributed by atoms with E-state index in [0.29, 0.717) is 31.4 Å². The third-order valence-corrected chi connectivity index (χ3v) is 4.06. The minimum Gasteiger partial charge on any atom is -0.485 e. The summed E-state index contributed by atoms with van der Waals surface area (Å²) >= 11 is 0. The largest absolute Gasteiger partial charge is 0.485 e. The molecule has 0 saturated heterocycles. The van der Waals surface area contributed by atoms with Crippen molar-refractivity contribution in [1.29, 1.82) is 0 Å². The quantitative estimate of drug-likeness (QED) is 0.706. The smallest absolute Gasteiger partial charge is 0.306 e. The summed E-state index contributed by atoms with van der Waals surface area (Å²) in [6.45, 7) is -0.754. The van der Waals surface area contributed by atoms with E-state index in [2.05, 4.69) is 5.32 Å². The number of halogens is 2. The highest BCUT2D eigenvalue weighted by Crippen LogP contribution is 2.31. The maximum atomic E-state index is 12.4. The summed E-state index contributed by atoms with van der Waals surface area (Å²) in [5, 5.41) is 12.2. The number of amides is 1. The Bertz CT molecular complexity index is 602. The number of benzene rings is 1. The molecule has 0 aliphatic heterocycles. The van der Waals surface area contributed by atoms with Crippen molar-refractivity contribution in [2.75, 3.05) is 11.9 Å². The Hall–Kier alpha value is -2.38. The zero-order valence-electron chi connectivity index (χ0n) is 13.0. The van der Waals surface area contributed by atoms with Gasteiger partial charge in [-0.1, -0.05) is 0 Å². The Morgan fingerprint density at radius 1 is 1.29 bits per heavy atom. The van der Waals surface area contributed by atoms with Gasteiger partial charge >= 0.3 is 5.97 Å². The van der Waals surface area contributed by atoms with Crippen LogP contribution in [-0.2, 0) is 4.79 Å². The molecule has 0 heterocycles. The zero-order chi connectivity index (χ0) is 17.7. The summed E-state index contributed by atoms with van der Waals surface area (Å²) in [4.78, 5) is 22.3. The van der Waals surface area contributed by atoms with E-state index >= 15 is 0 Å². The van der Waals surface area contributed by atoms with E-state index in [4.69, 9.17) is 15.6 Å². The number of carboxylic acids is 1. The number of carbonyl (C=O) groups is 2. The van der Waals surface area contributed by atoms with Gasteiger partial charge in [-0.25, -0.2) is 8.78 Å². The Morgan fingerprint density at radius 3 is 2.50 bits per heavy atom. The molecule has 0 atom stereocenters. The number of nitrogens with one attached hydrogen (secondary N) is 1. The molecule has 1 aromatic rings. The first-order chi connectivity index (χ1) is 11.4. The molecular formula is C16H20F2N2O4. The summed E-state index contributed by atoms with van der Waals surface area (Å²) < 4.78 is 29.8. The normalized spacial score (nSPS) is 20.6. The van der Waals surface area contributed by atoms with Gasteiger partial charge in [0, 0.05) is 11.6 Å². The summed E-state index contributed by atoms with van der Waals surface area (Å²) in [5.41, 5.74) is 5.89. The van der Waals surface area contributed by atoms with Crippen molar-refractivity contribution in [2.24, 2.45) is 11.7 Å². The maximum absolute atomic E-state index is 12.4. The predicted octanol–water partition coefficient (Wildman–Crippen LogP) is 2.48. The number of carboxylic acid groups (broad SMARTS) is 1. The van der Waals surface area contributed by atoms with Crippen LogP contribution < -0.4 is 15.8 Å². The molecule has 24 heavy (non-hydrogen) atoms. The van der Waals surface area contributed by atoms with Gasteiger partial charge in [0.25, 0.3) is 6.43 Å². The van der Waals surface area contributed by atoms with Crippen LogP contribution in [0.3, 0.4) is 0 Å². The van der Waals surface area contributed by atoms with Gasteiger partial charge < -0.3 is 20.9 Å². The van der Waals surface area contributed by atoms with Gasteiger partial charge in [-0.05, 0) is 43.9 Å². The Balaban J connectivity index is 2.10. The molecule has 1 amide bonds. The molecule has 1 aliphatic rings. The minimum atomic E-state index is -2.61. The number of alkyl halides is 2. The van der Waals surface area contributed by atoms with Crippen LogP contribution in [0.2, 0.25) is 0 Å². The molecule has 2 rings (SSSR count). The highest BCUT2D eigenvalue weighted by Gasteiger charge is 2.26. The van der Waals surface area contributed by atoms with Gasteiger partial charge in [0.2, 0.25) is 5.91 Å². The van der Waals surface area contributed by atoms with E-state index in [1.807, 2.05) is 0 Å². The van der Waals surface area contributed by atoms with Crippen molar-refractivity contribution in [3.8, 4) is 5.75 Å². The predicted molar refractivity (Wildman–Crippen MR) is 83.5 cm³/mol.